The predicted octanol–water partition coefficient (Wildman–Crippen LogP) is 0.919. The van der Waals surface area contributed by atoms with E-state index < -0.39 is 17.8 Å². The van der Waals surface area contributed by atoms with Crippen LogP contribution in [-0.4, -0.2) is 66.8 Å². The lowest BCUT2D eigenvalue weighted by Gasteiger charge is -2.12. The van der Waals surface area contributed by atoms with E-state index in [1.165, 1.54) is 7.05 Å². The van der Waals surface area contributed by atoms with Crippen LogP contribution >= 0.6 is 0 Å². The molecule has 6 nitrogen and oxygen atoms in total. The quantitative estimate of drug-likeness (QED) is 0.373. The maximum atomic E-state index is 11.6. The summed E-state index contributed by atoms with van der Waals surface area (Å²) in [5.74, 6) is -1.42. The van der Waals surface area contributed by atoms with Gasteiger partial charge in [-0.25, -0.2) is 4.79 Å². The topological polar surface area (TPSA) is 60.9 Å². The third-order valence-corrected chi connectivity index (χ3v) is 3.24. The number of hydrogen-bond acceptors (Lipinski definition) is 4. The molecule has 0 aromatic rings. The molecule has 1 aliphatic heterocycles. The van der Waals surface area contributed by atoms with E-state index in [-0.39, 0.29) is 0 Å². The van der Waals surface area contributed by atoms with E-state index >= 15 is 0 Å². The fourth-order valence-electron chi connectivity index (χ4n) is 2.04. The summed E-state index contributed by atoms with van der Waals surface area (Å²) < 4.78 is 0. The average molecular weight is 269 g/mol. The van der Waals surface area contributed by atoms with Gasteiger partial charge >= 0.3 is 17.8 Å². The largest absolute Gasteiger partial charge is 0.333 e. The highest BCUT2D eigenvalue weighted by Gasteiger charge is 2.41. The number of urea groups is 1. The van der Waals surface area contributed by atoms with Crippen molar-refractivity contribution in [2.75, 3.05) is 34.2 Å². The second-order valence-corrected chi connectivity index (χ2v) is 5.17. The highest BCUT2D eigenvalue weighted by molar-refractivity contribution is 6.44. The molecule has 0 N–H and O–H groups in total. The maximum Gasteiger partial charge on any atom is 0.333 e. The Morgan fingerprint density at radius 3 is 2.00 bits per heavy atom. The second kappa shape index (κ2) is 7.23. The number of imide groups is 2. The van der Waals surface area contributed by atoms with Gasteiger partial charge < -0.3 is 4.90 Å². The molecule has 1 saturated heterocycles. The Hall–Kier alpha value is -1.43. The van der Waals surface area contributed by atoms with E-state index in [0.29, 0.717) is 6.54 Å². The van der Waals surface area contributed by atoms with Crippen molar-refractivity contribution in [1.82, 2.24) is 14.7 Å². The fraction of sp³-hybridized carbons (Fsp3) is 0.769. The SMILES string of the molecule is CN(C)CCCCCCCN1C(=O)C(=O)N(C)C1=O. The molecule has 0 unspecified atom stereocenters. The maximum absolute atomic E-state index is 11.6. The molecule has 0 saturated carbocycles. The molecule has 0 aromatic heterocycles. The van der Waals surface area contributed by atoms with E-state index in [2.05, 4.69) is 19.0 Å². The molecule has 6 heteroatoms. The zero-order chi connectivity index (χ0) is 14.4. The minimum atomic E-state index is -0.726. The van der Waals surface area contributed by atoms with Crippen LogP contribution in [0.5, 0.6) is 0 Å². The smallest absolute Gasteiger partial charge is 0.309 e. The van der Waals surface area contributed by atoms with Crippen LogP contribution in [0.2, 0.25) is 0 Å². The molecule has 1 rings (SSSR count). The summed E-state index contributed by atoms with van der Waals surface area (Å²) >= 11 is 0. The van der Waals surface area contributed by atoms with Crippen LogP contribution < -0.4 is 0 Å². The van der Waals surface area contributed by atoms with Gasteiger partial charge in [0.15, 0.2) is 0 Å². The first-order valence-electron chi connectivity index (χ1n) is 6.73. The van der Waals surface area contributed by atoms with Crippen LogP contribution in [0.3, 0.4) is 0 Å². The van der Waals surface area contributed by atoms with Crippen molar-refractivity contribution >= 4 is 17.8 Å². The zero-order valence-corrected chi connectivity index (χ0v) is 12.0. The summed E-state index contributed by atoms with van der Waals surface area (Å²) in [6.45, 7) is 1.43. The summed E-state index contributed by atoms with van der Waals surface area (Å²) in [6.07, 6.45) is 5.14. The van der Waals surface area contributed by atoms with E-state index in [1.54, 1.807) is 0 Å². The molecule has 0 bridgehead atoms. The first-order valence-corrected chi connectivity index (χ1v) is 6.73. The minimum Gasteiger partial charge on any atom is -0.309 e. The Kier molecular flexibility index (Phi) is 5.95. The summed E-state index contributed by atoms with van der Waals surface area (Å²) in [6, 6.07) is -0.498. The Labute approximate surface area is 114 Å². The van der Waals surface area contributed by atoms with Crippen molar-refractivity contribution in [3.05, 3.63) is 0 Å². The van der Waals surface area contributed by atoms with Gasteiger partial charge in [0.1, 0.15) is 0 Å². The number of likely N-dealkylation sites (N-methyl/N-ethyl adjacent to an activating group) is 1. The van der Waals surface area contributed by atoms with Crippen LogP contribution in [0.25, 0.3) is 0 Å². The van der Waals surface area contributed by atoms with Crippen molar-refractivity contribution < 1.29 is 14.4 Å². The first-order chi connectivity index (χ1) is 8.95. The summed E-state index contributed by atoms with van der Waals surface area (Å²) in [4.78, 5) is 38.4. The summed E-state index contributed by atoms with van der Waals surface area (Å²) in [5.41, 5.74) is 0. The van der Waals surface area contributed by atoms with Crippen molar-refractivity contribution in [3.63, 3.8) is 0 Å². The molecule has 0 atom stereocenters. The standard InChI is InChI=1S/C13H23N3O3/c1-14(2)9-7-5-4-6-8-10-16-12(18)11(17)15(3)13(16)19/h4-10H2,1-3H3. The lowest BCUT2D eigenvalue weighted by atomic mass is 10.1. The molecule has 0 radical (unpaired) electrons. The lowest BCUT2D eigenvalue weighted by molar-refractivity contribution is -0.142. The van der Waals surface area contributed by atoms with Crippen LogP contribution in [0.4, 0.5) is 4.79 Å². The predicted molar refractivity (Wildman–Crippen MR) is 71.5 cm³/mol. The van der Waals surface area contributed by atoms with Gasteiger partial charge in [-0.15, -0.1) is 0 Å². The first kappa shape index (κ1) is 15.6. The normalized spacial score (nSPS) is 16.1. The van der Waals surface area contributed by atoms with Crippen LogP contribution in [0, 0.1) is 0 Å². The Balaban J connectivity index is 2.15. The van der Waals surface area contributed by atoms with Gasteiger partial charge in [-0.05, 0) is 33.5 Å². The van der Waals surface area contributed by atoms with Gasteiger partial charge in [-0.2, -0.15) is 0 Å². The summed E-state index contributed by atoms with van der Waals surface area (Å²) in [7, 11) is 5.44. The molecule has 0 aromatic carbocycles. The van der Waals surface area contributed by atoms with Crippen molar-refractivity contribution in [2.24, 2.45) is 0 Å². The van der Waals surface area contributed by atoms with Crippen LogP contribution in [0.1, 0.15) is 32.1 Å². The Morgan fingerprint density at radius 1 is 0.895 bits per heavy atom. The number of unbranched alkanes of at least 4 members (excludes halogenated alkanes) is 4. The average Bonchev–Trinajstić information content (AvgIpc) is 2.54. The van der Waals surface area contributed by atoms with Crippen LogP contribution in [-0.2, 0) is 9.59 Å². The lowest BCUT2D eigenvalue weighted by Crippen LogP contribution is -2.32. The molecular weight excluding hydrogens is 246 g/mol. The van der Waals surface area contributed by atoms with Gasteiger partial charge in [0.25, 0.3) is 0 Å². The van der Waals surface area contributed by atoms with Gasteiger partial charge in [-0.3, -0.25) is 19.4 Å². The van der Waals surface area contributed by atoms with Gasteiger partial charge in [-0.1, -0.05) is 19.3 Å². The highest BCUT2D eigenvalue weighted by atomic mass is 16.2. The molecule has 1 aliphatic rings. The number of carbonyl (C=O) groups is 3. The zero-order valence-electron chi connectivity index (χ0n) is 12.0. The third-order valence-electron chi connectivity index (χ3n) is 3.24. The third kappa shape index (κ3) is 4.31. The molecule has 0 aliphatic carbocycles. The number of amides is 4. The second-order valence-electron chi connectivity index (χ2n) is 5.17. The van der Waals surface area contributed by atoms with E-state index in [0.717, 1.165) is 48.4 Å². The molecule has 4 amide bonds. The van der Waals surface area contributed by atoms with Gasteiger partial charge in [0, 0.05) is 13.6 Å². The molecule has 108 valence electrons. The Morgan fingerprint density at radius 2 is 1.47 bits per heavy atom. The van der Waals surface area contributed by atoms with Gasteiger partial charge in [0.2, 0.25) is 0 Å². The van der Waals surface area contributed by atoms with Crippen molar-refractivity contribution in [2.45, 2.75) is 32.1 Å². The molecular formula is C13H23N3O3. The number of rotatable bonds is 8. The van der Waals surface area contributed by atoms with Crippen LogP contribution in [0.15, 0.2) is 0 Å². The molecule has 1 heterocycles. The highest BCUT2D eigenvalue weighted by Crippen LogP contribution is 2.12. The van der Waals surface area contributed by atoms with E-state index in [4.69, 9.17) is 0 Å². The summed E-state index contributed by atoms with van der Waals surface area (Å²) in [5, 5.41) is 0. The number of hydrogen-bond donors (Lipinski definition) is 0. The molecule has 0 spiro atoms. The monoisotopic (exact) mass is 269 g/mol. The minimum absolute atomic E-state index is 0.349. The van der Waals surface area contributed by atoms with E-state index in [1.807, 2.05) is 0 Å². The number of nitrogens with zero attached hydrogens (tertiary/aromatic N) is 3. The molecule has 1 fully saturated rings. The Bertz CT molecular complexity index is 355. The van der Waals surface area contributed by atoms with Crippen molar-refractivity contribution in [1.29, 1.82) is 0 Å². The van der Waals surface area contributed by atoms with E-state index in [9.17, 15) is 14.4 Å². The fourth-order valence-corrected chi connectivity index (χ4v) is 2.04. The molecule has 19 heavy (non-hydrogen) atoms. The van der Waals surface area contributed by atoms with Crippen molar-refractivity contribution in [3.8, 4) is 0 Å². The number of carbonyl (C=O) groups excluding carboxylic acids is 3. The van der Waals surface area contributed by atoms with Gasteiger partial charge in [0.05, 0.1) is 0 Å².